The summed E-state index contributed by atoms with van der Waals surface area (Å²) in [5.74, 6) is -0.314. The third-order valence-corrected chi connectivity index (χ3v) is 4.60. The summed E-state index contributed by atoms with van der Waals surface area (Å²) in [5, 5.41) is 14.1. The van der Waals surface area contributed by atoms with Crippen LogP contribution in [0.1, 0.15) is 33.0 Å². The predicted molar refractivity (Wildman–Crippen MR) is 104 cm³/mol. The molecule has 0 spiro atoms. The molecule has 7 nitrogen and oxygen atoms in total. The Labute approximate surface area is 171 Å². The molecule has 3 aromatic rings. The van der Waals surface area contributed by atoms with Gasteiger partial charge in [0.1, 0.15) is 12.3 Å². The highest BCUT2D eigenvalue weighted by Crippen LogP contribution is 2.25. The van der Waals surface area contributed by atoms with Crippen LogP contribution >= 0.6 is 0 Å². The number of halogens is 3. The molecule has 1 aromatic carbocycles. The van der Waals surface area contributed by atoms with Gasteiger partial charge < -0.3 is 10.1 Å². The standard InChI is InChI=1S/C20H22F3N5O2/c1-12-18(13(2)28(3)27-12)16-8-17(26-25-16)19(29)24-9-14-4-6-15(7-5-14)10-30-11-20(21,22)23/h4-8H,9-11H2,1-3H3,(H,24,29)(H,25,26). The second-order valence-corrected chi connectivity index (χ2v) is 6.94. The molecule has 0 aliphatic rings. The lowest BCUT2D eigenvalue weighted by molar-refractivity contribution is -0.176. The van der Waals surface area contributed by atoms with Crippen molar-refractivity contribution in [2.45, 2.75) is 33.2 Å². The molecule has 3 rings (SSSR count). The molecule has 0 aliphatic heterocycles. The van der Waals surface area contributed by atoms with Crippen molar-refractivity contribution in [3.05, 3.63) is 58.5 Å². The Bertz CT molecular complexity index is 1020. The number of aromatic nitrogens is 4. The van der Waals surface area contributed by atoms with Crippen LogP contribution in [0.25, 0.3) is 11.3 Å². The molecule has 0 fully saturated rings. The fourth-order valence-corrected chi connectivity index (χ4v) is 3.03. The monoisotopic (exact) mass is 421 g/mol. The minimum atomic E-state index is -4.34. The van der Waals surface area contributed by atoms with Crippen LogP contribution in [-0.2, 0) is 24.9 Å². The smallest absolute Gasteiger partial charge is 0.367 e. The molecule has 10 heteroatoms. The molecule has 0 aliphatic carbocycles. The number of H-pyrrole nitrogens is 1. The summed E-state index contributed by atoms with van der Waals surface area (Å²) < 4.78 is 42.7. The van der Waals surface area contributed by atoms with Crippen molar-refractivity contribution in [1.82, 2.24) is 25.3 Å². The summed E-state index contributed by atoms with van der Waals surface area (Å²) in [7, 11) is 1.85. The van der Waals surface area contributed by atoms with Gasteiger partial charge in [0.05, 0.1) is 18.0 Å². The lowest BCUT2D eigenvalue weighted by Crippen LogP contribution is -2.23. The highest BCUT2D eigenvalue weighted by Gasteiger charge is 2.27. The Kier molecular flexibility index (Phi) is 6.25. The van der Waals surface area contributed by atoms with E-state index >= 15 is 0 Å². The topological polar surface area (TPSA) is 84.8 Å². The zero-order valence-electron chi connectivity index (χ0n) is 16.8. The first-order chi connectivity index (χ1) is 14.1. The summed E-state index contributed by atoms with van der Waals surface area (Å²) >= 11 is 0. The number of hydrogen-bond acceptors (Lipinski definition) is 4. The normalized spacial score (nSPS) is 11.7. The fraction of sp³-hybridized carbons (Fsp3) is 0.350. The maximum atomic E-state index is 12.4. The molecule has 30 heavy (non-hydrogen) atoms. The van der Waals surface area contributed by atoms with Crippen molar-refractivity contribution in [1.29, 1.82) is 0 Å². The molecule has 1 amide bonds. The van der Waals surface area contributed by atoms with E-state index in [9.17, 15) is 18.0 Å². The Morgan fingerprint density at radius 3 is 2.47 bits per heavy atom. The van der Waals surface area contributed by atoms with Crippen molar-refractivity contribution in [2.24, 2.45) is 7.05 Å². The Morgan fingerprint density at radius 1 is 1.20 bits per heavy atom. The third-order valence-electron chi connectivity index (χ3n) is 4.60. The molecule has 160 valence electrons. The molecule has 0 bridgehead atoms. The van der Waals surface area contributed by atoms with Gasteiger partial charge >= 0.3 is 6.18 Å². The Balaban J connectivity index is 1.55. The number of carbonyl (C=O) groups is 1. The maximum Gasteiger partial charge on any atom is 0.411 e. The minimum Gasteiger partial charge on any atom is -0.367 e. The van der Waals surface area contributed by atoms with Crippen LogP contribution < -0.4 is 5.32 Å². The van der Waals surface area contributed by atoms with Gasteiger partial charge in [0.15, 0.2) is 0 Å². The summed E-state index contributed by atoms with van der Waals surface area (Å²) in [5.41, 5.74) is 5.06. The summed E-state index contributed by atoms with van der Waals surface area (Å²) in [6, 6.07) is 8.47. The summed E-state index contributed by atoms with van der Waals surface area (Å²) in [6.45, 7) is 2.67. The second-order valence-electron chi connectivity index (χ2n) is 6.94. The molecular weight excluding hydrogens is 399 g/mol. The van der Waals surface area contributed by atoms with E-state index in [-0.39, 0.29) is 19.1 Å². The van der Waals surface area contributed by atoms with Crippen LogP contribution in [0.4, 0.5) is 13.2 Å². The number of benzene rings is 1. The van der Waals surface area contributed by atoms with E-state index in [4.69, 9.17) is 0 Å². The lowest BCUT2D eigenvalue weighted by Gasteiger charge is -2.08. The minimum absolute atomic E-state index is 0.129. The maximum absolute atomic E-state index is 12.4. The molecule has 0 saturated heterocycles. The highest BCUT2D eigenvalue weighted by atomic mass is 19.4. The van der Waals surface area contributed by atoms with Gasteiger partial charge in [-0.05, 0) is 31.0 Å². The van der Waals surface area contributed by atoms with Crippen LogP contribution in [0.3, 0.4) is 0 Å². The van der Waals surface area contributed by atoms with Crippen molar-refractivity contribution in [3.63, 3.8) is 0 Å². The third kappa shape index (κ3) is 5.26. The quantitative estimate of drug-likeness (QED) is 0.612. The van der Waals surface area contributed by atoms with Crippen LogP contribution in [0.2, 0.25) is 0 Å². The number of amides is 1. The molecule has 2 aromatic heterocycles. The molecule has 0 radical (unpaired) electrons. The van der Waals surface area contributed by atoms with E-state index in [0.717, 1.165) is 22.5 Å². The van der Waals surface area contributed by atoms with Gasteiger partial charge in [0, 0.05) is 24.8 Å². The van der Waals surface area contributed by atoms with Gasteiger partial charge in [-0.25, -0.2) is 0 Å². The van der Waals surface area contributed by atoms with Gasteiger partial charge in [-0.15, -0.1) is 0 Å². The van der Waals surface area contributed by atoms with E-state index in [1.54, 1.807) is 35.0 Å². The number of aromatic amines is 1. The van der Waals surface area contributed by atoms with Crippen molar-refractivity contribution in [2.75, 3.05) is 6.61 Å². The average Bonchev–Trinajstić information content (AvgIpc) is 3.24. The number of hydrogen-bond donors (Lipinski definition) is 2. The van der Waals surface area contributed by atoms with Gasteiger partial charge in [-0.1, -0.05) is 24.3 Å². The number of alkyl halides is 3. The van der Waals surface area contributed by atoms with Crippen molar-refractivity contribution in [3.8, 4) is 11.3 Å². The van der Waals surface area contributed by atoms with E-state index in [0.29, 0.717) is 17.0 Å². The first-order valence-electron chi connectivity index (χ1n) is 9.20. The fourth-order valence-electron chi connectivity index (χ4n) is 3.03. The molecule has 0 atom stereocenters. The first kappa shape index (κ1) is 21.6. The SMILES string of the molecule is Cc1nn(C)c(C)c1-c1cc(C(=O)NCc2ccc(COCC(F)(F)F)cc2)[nH]n1. The van der Waals surface area contributed by atoms with E-state index in [1.165, 1.54) is 0 Å². The van der Waals surface area contributed by atoms with Crippen molar-refractivity contribution < 1.29 is 22.7 Å². The summed E-state index contributed by atoms with van der Waals surface area (Å²) in [4.78, 5) is 12.4. The highest BCUT2D eigenvalue weighted by molar-refractivity contribution is 5.93. The zero-order chi connectivity index (χ0) is 21.9. The van der Waals surface area contributed by atoms with Crippen LogP contribution in [0.15, 0.2) is 30.3 Å². The number of aryl methyl sites for hydroxylation is 2. The number of nitrogens with zero attached hydrogens (tertiary/aromatic N) is 3. The number of carbonyl (C=O) groups excluding carboxylic acids is 1. The lowest BCUT2D eigenvalue weighted by atomic mass is 10.1. The Morgan fingerprint density at radius 2 is 1.87 bits per heavy atom. The van der Waals surface area contributed by atoms with Crippen LogP contribution in [-0.4, -0.2) is 38.7 Å². The van der Waals surface area contributed by atoms with Gasteiger partial charge in [0.25, 0.3) is 5.91 Å². The molecular formula is C20H22F3N5O2. The average molecular weight is 421 g/mol. The van der Waals surface area contributed by atoms with Crippen LogP contribution in [0.5, 0.6) is 0 Å². The van der Waals surface area contributed by atoms with Crippen LogP contribution in [0, 0.1) is 13.8 Å². The second kappa shape index (κ2) is 8.70. The van der Waals surface area contributed by atoms with E-state index in [1.807, 2.05) is 20.9 Å². The summed E-state index contributed by atoms with van der Waals surface area (Å²) in [6.07, 6.45) is -4.34. The zero-order valence-corrected chi connectivity index (χ0v) is 16.8. The number of ether oxygens (including phenoxy) is 1. The predicted octanol–water partition coefficient (Wildman–Crippen LogP) is 3.44. The van der Waals surface area contributed by atoms with Gasteiger partial charge in [-0.2, -0.15) is 23.4 Å². The first-order valence-corrected chi connectivity index (χ1v) is 9.20. The molecule has 2 N–H and O–H groups in total. The molecule has 0 saturated carbocycles. The van der Waals surface area contributed by atoms with Gasteiger partial charge in [-0.3, -0.25) is 14.6 Å². The Hall–Kier alpha value is -3.14. The number of rotatable bonds is 7. The van der Waals surface area contributed by atoms with E-state index in [2.05, 4.69) is 25.3 Å². The van der Waals surface area contributed by atoms with E-state index < -0.39 is 12.8 Å². The molecule has 0 unspecified atom stereocenters. The largest absolute Gasteiger partial charge is 0.411 e. The number of nitrogens with one attached hydrogen (secondary N) is 2. The van der Waals surface area contributed by atoms with Gasteiger partial charge in [0.2, 0.25) is 0 Å². The van der Waals surface area contributed by atoms with Crippen molar-refractivity contribution >= 4 is 5.91 Å². The molecule has 2 heterocycles.